The molecule has 2 rings (SSSR count). The molecule has 0 saturated carbocycles. The number of aliphatic carboxylic acids is 1. The Morgan fingerprint density at radius 3 is 2.63 bits per heavy atom. The fourth-order valence-corrected chi connectivity index (χ4v) is 2.34. The molecular formula is C14H13BrN2O2. The minimum Gasteiger partial charge on any atom is -0.480 e. The van der Waals surface area contributed by atoms with Crippen molar-refractivity contribution in [2.24, 2.45) is 5.73 Å². The van der Waals surface area contributed by atoms with E-state index in [0.717, 1.165) is 21.3 Å². The fourth-order valence-electron chi connectivity index (χ4n) is 1.87. The molecule has 0 aliphatic carbocycles. The molecule has 2 aromatic rings. The normalized spacial score (nSPS) is 12.1. The Kier molecular flexibility index (Phi) is 4.29. The van der Waals surface area contributed by atoms with Gasteiger partial charge < -0.3 is 10.8 Å². The van der Waals surface area contributed by atoms with Crippen LogP contribution in [0.25, 0.3) is 11.1 Å². The van der Waals surface area contributed by atoms with Gasteiger partial charge >= 0.3 is 5.97 Å². The molecule has 98 valence electrons. The lowest BCUT2D eigenvalue weighted by atomic mass is 9.96. The van der Waals surface area contributed by atoms with E-state index in [-0.39, 0.29) is 6.42 Å². The number of aromatic nitrogens is 1. The molecule has 1 aromatic heterocycles. The van der Waals surface area contributed by atoms with Gasteiger partial charge in [-0.15, -0.1) is 0 Å². The zero-order valence-corrected chi connectivity index (χ0v) is 11.7. The minimum absolute atomic E-state index is 0.285. The zero-order valence-electron chi connectivity index (χ0n) is 10.1. The zero-order chi connectivity index (χ0) is 13.8. The largest absolute Gasteiger partial charge is 0.480 e. The van der Waals surface area contributed by atoms with Gasteiger partial charge in [0.2, 0.25) is 0 Å². The van der Waals surface area contributed by atoms with Gasteiger partial charge in [-0.1, -0.05) is 30.3 Å². The number of nitrogens with two attached hydrogens (primary N) is 1. The smallest absolute Gasteiger partial charge is 0.320 e. The summed E-state index contributed by atoms with van der Waals surface area (Å²) < 4.78 is 0.728. The Morgan fingerprint density at radius 1 is 1.26 bits per heavy atom. The number of hydrogen-bond acceptors (Lipinski definition) is 3. The summed E-state index contributed by atoms with van der Waals surface area (Å²) in [5.74, 6) is -1.000. The molecule has 0 amide bonds. The first kappa shape index (κ1) is 13.7. The summed E-state index contributed by atoms with van der Waals surface area (Å²) in [6.07, 6.45) is 1.98. The van der Waals surface area contributed by atoms with E-state index in [4.69, 9.17) is 10.8 Å². The van der Waals surface area contributed by atoms with Crippen molar-refractivity contribution < 1.29 is 9.90 Å². The van der Waals surface area contributed by atoms with E-state index in [2.05, 4.69) is 20.9 Å². The van der Waals surface area contributed by atoms with Gasteiger partial charge in [-0.05, 0) is 39.5 Å². The van der Waals surface area contributed by atoms with Crippen molar-refractivity contribution in [2.45, 2.75) is 12.5 Å². The van der Waals surface area contributed by atoms with Crippen molar-refractivity contribution in [1.82, 2.24) is 4.98 Å². The highest BCUT2D eigenvalue weighted by Crippen LogP contribution is 2.29. The van der Waals surface area contributed by atoms with E-state index < -0.39 is 12.0 Å². The van der Waals surface area contributed by atoms with Crippen LogP contribution in [-0.2, 0) is 11.2 Å². The third-order valence-electron chi connectivity index (χ3n) is 2.82. The summed E-state index contributed by atoms with van der Waals surface area (Å²) in [6, 6.07) is 10.5. The van der Waals surface area contributed by atoms with Crippen LogP contribution in [0, 0.1) is 0 Å². The molecule has 4 nitrogen and oxygen atoms in total. The van der Waals surface area contributed by atoms with E-state index in [1.54, 1.807) is 6.20 Å². The second kappa shape index (κ2) is 5.95. The molecule has 0 saturated heterocycles. The van der Waals surface area contributed by atoms with E-state index in [9.17, 15) is 4.79 Å². The lowest BCUT2D eigenvalue weighted by Gasteiger charge is -2.12. The molecule has 0 radical (unpaired) electrons. The maximum atomic E-state index is 10.9. The van der Waals surface area contributed by atoms with Crippen molar-refractivity contribution in [3.05, 3.63) is 52.8 Å². The predicted molar refractivity (Wildman–Crippen MR) is 76.7 cm³/mol. The first-order valence-electron chi connectivity index (χ1n) is 5.77. The Bertz CT molecular complexity index is 602. The van der Waals surface area contributed by atoms with Gasteiger partial charge in [-0.25, -0.2) is 4.98 Å². The van der Waals surface area contributed by atoms with Crippen LogP contribution in [0.3, 0.4) is 0 Å². The van der Waals surface area contributed by atoms with Crippen LogP contribution in [0.1, 0.15) is 5.56 Å². The average Bonchev–Trinajstić information content (AvgIpc) is 2.40. The first-order valence-corrected chi connectivity index (χ1v) is 6.56. The molecule has 1 atom stereocenters. The minimum atomic E-state index is -1.000. The number of hydrogen-bond donors (Lipinski definition) is 2. The summed E-state index contributed by atoms with van der Waals surface area (Å²) in [5.41, 5.74) is 8.37. The quantitative estimate of drug-likeness (QED) is 0.848. The van der Waals surface area contributed by atoms with Crippen LogP contribution in [0.15, 0.2) is 47.2 Å². The monoisotopic (exact) mass is 320 g/mol. The van der Waals surface area contributed by atoms with Gasteiger partial charge in [-0.2, -0.15) is 0 Å². The molecule has 1 aromatic carbocycles. The van der Waals surface area contributed by atoms with Crippen molar-refractivity contribution in [3.8, 4) is 11.1 Å². The lowest BCUT2D eigenvalue weighted by Crippen LogP contribution is -2.32. The highest BCUT2D eigenvalue weighted by molar-refractivity contribution is 9.10. The summed E-state index contributed by atoms with van der Waals surface area (Å²) in [6.45, 7) is 0. The molecule has 19 heavy (non-hydrogen) atoms. The first-order chi connectivity index (χ1) is 9.09. The standard InChI is InChI=1S/C14H13BrN2O2/c15-13-11(6-3-7-17-13)10-5-2-1-4-9(10)8-12(16)14(18)19/h1-7,12H,8,16H2,(H,18,19)/t12-/m0/s1. The van der Waals surface area contributed by atoms with Gasteiger partial charge in [0.1, 0.15) is 10.6 Å². The molecule has 0 aliphatic rings. The van der Waals surface area contributed by atoms with Gasteiger partial charge in [0, 0.05) is 11.8 Å². The highest BCUT2D eigenvalue weighted by atomic mass is 79.9. The van der Waals surface area contributed by atoms with Crippen LogP contribution in [0.5, 0.6) is 0 Å². The number of halogens is 1. The lowest BCUT2D eigenvalue weighted by molar-refractivity contribution is -0.138. The third kappa shape index (κ3) is 3.19. The van der Waals surface area contributed by atoms with Crippen LogP contribution in [0.2, 0.25) is 0 Å². The second-order valence-electron chi connectivity index (χ2n) is 4.15. The maximum absolute atomic E-state index is 10.9. The molecule has 1 heterocycles. The number of nitrogens with zero attached hydrogens (tertiary/aromatic N) is 1. The second-order valence-corrected chi connectivity index (χ2v) is 4.90. The third-order valence-corrected chi connectivity index (χ3v) is 3.46. The Hall–Kier alpha value is -1.72. The Morgan fingerprint density at radius 2 is 1.95 bits per heavy atom. The molecule has 3 N–H and O–H groups in total. The van der Waals surface area contributed by atoms with E-state index in [1.165, 1.54) is 0 Å². The molecule has 0 unspecified atom stereocenters. The van der Waals surface area contributed by atoms with Gasteiger partial charge in [0.25, 0.3) is 0 Å². The molecule has 5 heteroatoms. The highest BCUT2D eigenvalue weighted by Gasteiger charge is 2.15. The van der Waals surface area contributed by atoms with Crippen LogP contribution in [-0.4, -0.2) is 22.1 Å². The summed E-state index contributed by atoms with van der Waals surface area (Å²) in [4.78, 5) is 15.1. The number of rotatable bonds is 4. The summed E-state index contributed by atoms with van der Waals surface area (Å²) in [7, 11) is 0. The van der Waals surface area contributed by atoms with Crippen molar-refractivity contribution in [2.75, 3.05) is 0 Å². The van der Waals surface area contributed by atoms with E-state index in [1.807, 2.05) is 36.4 Å². The molecule has 0 aliphatic heterocycles. The number of carboxylic acids is 1. The number of carboxylic acid groups (broad SMARTS) is 1. The predicted octanol–water partition coefficient (Wildman–Crippen LogP) is 2.47. The van der Waals surface area contributed by atoms with E-state index >= 15 is 0 Å². The van der Waals surface area contributed by atoms with Gasteiger partial charge in [0.05, 0.1) is 0 Å². The Balaban J connectivity index is 2.42. The van der Waals surface area contributed by atoms with Crippen LogP contribution >= 0.6 is 15.9 Å². The van der Waals surface area contributed by atoms with Crippen molar-refractivity contribution >= 4 is 21.9 Å². The van der Waals surface area contributed by atoms with Crippen molar-refractivity contribution in [3.63, 3.8) is 0 Å². The Labute approximate surface area is 119 Å². The maximum Gasteiger partial charge on any atom is 0.320 e. The topological polar surface area (TPSA) is 76.2 Å². The number of carbonyl (C=O) groups is 1. The summed E-state index contributed by atoms with van der Waals surface area (Å²) in [5, 5.41) is 8.91. The fraction of sp³-hybridized carbons (Fsp3) is 0.143. The van der Waals surface area contributed by atoms with Crippen LogP contribution < -0.4 is 5.73 Å². The molecule has 0 spiro atoms. The van der Waals surface area contributed by atoms with Crippen molar-refractivity contribution in [1.29, 1.82) is 0 Å². The number of benzene rings is 1. The van der Waals surface area contributed by atoms with Gasteiger partial charge in [-0.3, -0.25) is 4.79 Å². The molecular weight excluding hydrogens is 308 g/mol. The van der Waals surface area contributed by atoms with Crippen LogP contribution in [0.4, 0.5) is 0 Å². The average molecular weight is 321 g/mol. The molecule has 0 fully saturated rings. The summed E-state index contributed by atoms with van der Waals surface area (Å²) >= 11 is 3.40. The number of pyridine rings is 1. The van der Waals surface area contributed by atoms with E-state index in [0.29, 0.717) is 0 Å². The van der Waals surface area contributed by atoms with Gasteiger partial charge in [0.15, 0.2) is 0 Å². The molecule has 0 bridgehead atoms. The SMILES string of the molecule is N[C@@H](Cc1ccccc1-c1cccnc1Br)C(=O)O.